The van der Waals surface area contributed by atoms with Gasteiger partial charge in [0.15, 0.2) is 0 Å². The zero-order valence-electron chi connectivity index (χ0n) is 13.3. The van der Waals surface area contributed by atoms with Gasteiger partial charge >= 0.3 is 6.03 Å². The van der Waals surface area contributed by atoms with E-state index in [1.807, 2.05) is 12.1 Å². The van der Waals surface area contributed by atoms with E-state index in [1.165, 1.54) is 0 Å². The van der Waals surface area contributed by atoms with Crippen molar-refractivity contribution >= 4 is 29.4 Å². The van der Waals surface area contributed by atoms with E-state index in [9.17, 15) is 9.59 Å². The summed E-state index contributed by atoms with van der Waals surface area (Å²) in [6.07, 6.45) is 0.652. The molecule has 0 fully saturated rings. The van der Waals surface area contributed by atoms with E-state index < -0.39 is 11.9 Å². The molecule has 1 aromatic heterocycles. The molecule has 1 aromatic carbocycles. The van der Waals surface area contributed by atoms with Gasteiger partial charge in [-0.3, -0.25) is 10.1 Å². The van der Waals surface area contributed by atoms with Crippen LogP contribution in [-0.2, 0) is 11.2 Å². The van der Waals surface area contributed by atoms with Crippen LogP contribution in [-0.4, -0.2) is 23.5 Å². The lowest BCUT2D eigenvalue weighted by atomic mass is 10.0. The number of nitrogens with zero attached hydrogens (tertiary/aromatic N) is 1. The molecule has 1 aliphatic heterocycles. The fraction of sp³-hybridized carbons (Fsp3) is 0.235. The smallest absolute Gasteiger partial charge is 0.320 e. The normalized spacial score (nSPS) is 15.6. The number of pyridine rings is 1. The Bertz CT molecular complexity index is 812. The molecule has 0 bridgehead atoms. The fourth-order valence-corrected chi connectivity index (χ4v) is 2.91. The molecule has 4 N–H and O–H groups in total. The Morgan fingerprint density at radius 3 is 2.88 bits per heavy atom. The summed E-state index contributed by atoms with van der Waals surface area (Å²) in [7, 11) is 0. The maximum absolute atomic E-state index is 12.3. The molecule has 0 saturated carbocycles. The van der Waals surface area contributed by atoms with Crippen molar-refractivity contribution in [3.63, 3.8) is 0 Å². The monoisotopic (exact) mass is 360 g/mol. The molecule has 130 valence electrons. The van der Waals surface area contributed by atoms with Gasteiger partial charge in [-0.25, -0.2) is 9.78 Å². The average molecular weight is 361 g/mol. The van der Waals surface area contributed by atoms with Gasteiger partial charge in [-0.2, -0.15) is 0 Å². The molecule has 0 unspecified atom stereocenters. The Balaban J connectivity index is 1.68. The second-order valence-electron chi connectivity index (χ2n) is 5.60. The summed E-state index contributed by atoms with van der Waals surface area (Å²) in [5.41, 5.74) is 6.49. The maximum Gasteiger partial charge on any atom is 0.320 e. The van der Waals surface area contributed by atoms with Crippen molar-refractivity contribution < 1.29 is 14.3 Å². The van der Waals surface area contributed by atoms with Crippen molar-refractivity contribution in [1.29, 1.82) is 0 Å². The van der Waals surface area contributed by atoms with Crippen LogP contribution in [0.5, 0.6) is 5.75 Å². The molecule has 0 radical (unpaired) electrons. The molecule has 1 aliphatic rings. The van der Waals surface area contributed by atoms with Crippen molar-refractivity contribution in [2.24, 2.45) is 5.73 Å². The number of ether oxygens (including phenoxy) is 1. The molecule has 0 spiro atoms. The van der Waals surface area contributed by atoms with Gasteiger partial charge in [-0.15, -0.1) is 0 Å². The van der Waals surface area contributed by atoms with Gasteiger partial charge in [-0.1, -0.05) is 29.8 Å². The highest BCUT2D eigenvalue weighted by Crippen LogP contribution is 2.37. The average Bonchev–Trinajstić information content (AvgIpc) is 2.55. The summed E-state index contributed by atoms with van der Waals surface area (Å²) in [6.45, 7) is 0.466. The number of amides is 3. The van der Waals surface area contributed by atoms with Gasteiger partial charge in [-0.05, 0) is 18.2 Å². The second kappa shape index (κ2) is 7.40. The van der Waals surface area contributed by atoms with Crippen LogP contribution in [0.2, 0.25) is 5.02 Å². The standard InChI is InChI=1S/C17H17ClN4O3/c18-12-5-2-4-11-13(7-8-25-16(11)12)21-17(24)22-15-6-1-3-10(20-15)9-14(19)23/h1-6,13H,7-9H2,(H2,19,23)(H2,20,21,22,24)/t13-/m0/s1. The van der Waals surface area contributed by atoms with E-state index in [0.717, 1.165) is 5.56 Å². The van der Waals surface area contributed by atoms with Crippen LogP contribution in [0.15, 0.2) is 36.4 Å². The lowest BCUT2D eigenvalue weighted by molar-refractivity contribution is -0.117. The van der Waals surface area contributed by atoms with Crippen LogP contribution < -0.4 is 21.1 Å². The number of carbonyl (C=O) groups is 2. The number of urea groups is 1. The molecular formula is C17H17ClN4O3. The number of halogens is 1. The first kappa shape index (κ1) is 17.0. The van der Waals surface area contributed by atoms with Gasteiger partial charge in [0, 0.05) is 12.0 Å². The zero-order chi connectivity index (χ0) is 17.8. The predicted octanol–water partition coefficient (Wildman–Crippen LogP) is 2.41. The lowest BCUT2D eigenvalue weighted by Gasteiger charge is -2.27. The van der Waals surface area contributed by atoms with Crippen LogP contribution in [0.1, 0.15) is 23.7 Å². The summed E-state index contributed by atoms with van der Waals surface area (Å²) in [5, 5.41) is 6.07. The van der Waals surface area contributed by atoms with Gasteiger partial charge in [0.2, 0.25) is 5.91 Å². The highest BCUT2D eigenvalue weighted by Gasteiger charge is 2.24. The number of nitrogens with two attached hydrogens (primary N) is 1. The summed E-state index contributed by atoms with van der Waals surface area (Å²) in [6, 6.07) is 9.83. The minimum Gasteiger partial charge on any atom is -0.492 e. The van der Waals surface area contributed by atoms with Gasteiger partial charge in [0.05, 0.1) is 29.8 Å². The van der Waals surface area contributed by atoms with Crippen molar-refractivity contribution in [3.05, 3.63) is 52.7 Å². The number of fused-ring (bicyclic) bond motifs is 1. The number of hydrogen-bond donors (Lipinski definition) is 3. The number of aromatic nitrogens is 1. The van der Waals surface area contributed by atoms with Crippen molar-refractivity contribution in [2.75, 3.05) is 11.9 Å². The SMILES string of the molecule is NC(=O)Cc1cccc(NC(=O)N[C@H]2CCOc3c(Cl)cccc32)n1. The third-order valence-corrected chi connectivity index (χ3v) is 4.03. The summed E-state index contributed by atoms with van der Waals surface area (Å²) in [5.74, 6) is 0.460. The Hall–Kier alpha value is -2.80. The largest absolute Gasteiger partial charge is 0.492 e. The van der Waals surface area contributed by atoms with E-state index in [4.69, 9.17) is 22.1 Å². The number of rotatable bonds is 4. The number of primary amides is 1. The lowest BCUT2D eigenvalue weighted by Crippen LogP contribution is -2.35. The van der Waals surface area contributed by atoms with E-state index >= 15 is 0 Å². The predicted molar refractivity (Wildman–Crippen MR) is 93.6 cm³/mol. The molecule has 25 heavy (non-hydrogen) atoms. The van der Waals surface area contributed by atoms with E-state index in [1.54, 1.807) is 24.3 Å². The molecule has 2 aromatic rings. The number of nitrogens with one attached hydrogen (secondary N) is 2. The molecular weight excluding hydrogens is 344 g/mol. The highest BCUT2D eigenvalue weighted by atomic mass is 35.5. The van der Waals surface area contributed by atoms with Gasteiger partial charge < -0.3 is 15.8 Å². The van der Waals surface area contributed by atoms with Crippen molar-refractivity contribution in [1.82, 2.24) is 10.3 Å². The first-order chi connectivity index (χ1) is 12.0. The van der Waals surface area contributed by atoms with Crippen LogP contribution in [0, 0.1) is 0 Å². The molecule has 7 nitrogen and oxygen atoms in total. The Morgan fingerprint density at radius 2 is 2.08 bits per heavy atom. The fourth-order valence-electron chi connectivity index (χ4n) is 2.67. The number of hydrogen-bond acceptors (Lipinski definition) is 4. The van der Waals surface area contributed by atoms with E-state index in [0.29, 0.717) is 35.3 Å². The molecule has 1 atom stereocenters. The Kier molecular flexibility index (Phi) is 5.04. The number of para-hydroxylation sites is 1. The summed E-state index contributed by atoms with van der Waals surface area (Å²) < 4.78 is 5.58. The van der Waals surface area contributed by atoms with Crippen LogP contribution in [0.4, 0.5) is 10.6 Å². The van der Waals surface area contributed by atoms with Crippen molar-refractivity contribution in [3.8, 4) is 5.75 Å². The molecule has 3 rings (SSSR count). The molecule has 0 saturated heterocycles. The zero-order valence-corrected chi connectivity index (χ0v) is 14.0. The Labute approximate surface area is 149 Å². The first-order valence-electron chi connectivity index (χ1n) is 7.76. The molecule has 2 heterocycles. The van der Waals surface area contributed by atoms with E-state index in [2.05, 4.69) is 15.6 Å². The van der Waals surface area contributed by atoms with Gasteiger partial charge in [0.25, 0.3) is 0 Å². The Morgan fingerprint density at radius 1 is 1.28 bits per heavy atom. The van der Waals surface area contributed by atoms with Crippen LogP contribution in [0.25, 0.3) is 0 Å². The van der Waals surface area contributed by atoms with Crippen LogP contribution in [0.3, 0.4) is 0 Å². The summed E-state index contributed by atoms with van der Waals surface area (Å²) in [4.78, 5) is 27.4. The minimum absolute atomic E-state index is 0.0168. The minimum atomic E-state index is -0.482. The maximum atomic E-state index is 12.3. The molecule has 0 aliphatic carbocycles. The van der Waals surface area contributed by atoms with E-state index in [-0.39, 0.29) is 12.5 Å². The topological polar surface area (TPSA) is 106 Å². The second-order valence-corrected chi connectivity index (χ2v) is 6.01. The van der Waals surface area contributed by atoms with Crippen molar-refractivity contribution in [2.45, 2.75) is 18.9 Å². The number of anilines is 1. The summed E-state index contributed by atoms with van der Waals surface area (Å²) >= 11 is 6.13. The third-order valence-electron chi connectivity index (χ3n) is 3.73. The van der Waals surface area contributed by atoms with Gasteiger partial charge in [0.1, 0.15) is 11.6 Å². The molecule has 8 heteroatoms. The molecule has 3 amide bonds. The highest BCUT2D eigenvalue weighted by molar-refractivity contribution is 6.32. The number of benzene rings is 1. The quantitative estimate of drug-likeness (QED) is 0.778. The third kappa shape index (κ3) is 4.19. The van der Waals surface area contributed by atoms with Crippen LogP contribution >= 0.6 is 11.6 Å². The first-order valence-corrected chi connectivity index (χ1v) is 8.13. The number of carbonyl (C=O) groups excluding carboxylic acids is 2.